The molecule has 7 nitrogen and oxygen atoms in total. The Balaban J connectivity index is 1.39. The van der Waals surface area contributed by atoms with E-state index in [4.69, 9.17) is 16.3 Å². The molecule has 1 heterocycles. The molecule has 4 rings (SSSR count). The molecule has 1 aliphatic rings. The van der Waals surface area contributed by atoms with Crippen molar-refractivity contribution in [2.45, 2.75) is 20.4 Å². The third kappa shape index (κ3) is 5.88. The lowest BCUT2D eigenvalue weighted by atomic mass is 10.1. The lowest BCUT2D eigenvalue weighted by Gasteiger charge is -2.12. The molecular weight excluding hydrogens is 466 g/mol. The average molecular weight is 490 g/mol. The van der Waals surface area contributed by atoms with E-state index in [0.717, 1.165) is 16.0 Å². The van der Waals surface area contributed by atoms with E-state index in [2.05, 4.69) is 10.6 Å². The molecule has 4 amide bonds. The van der Waals surface area contributed by atoms with Crippen LogP contribution in [0.1, 0.15) is 22.3 Å². The van der Waals surface area contributed by atoms with Gasteiger partial charge in [0.2, 0.25) is 0 Å². The van der Waals surface area contributed by atoms with E-state index in [0.29, 0.717) is 27.6 Å². The van der Waals surface area contributed by atoms with Crippen molar-refractivity contribution in [1.29, 1.82) is 0 Å². The molecule has 1 fully saturated rings. The number of rotatable bonds is 7. The minimum Gasteiger partial charge on any atom is -0.484 e. The predicted octanol–water partition coefficient (Wildman–Crippen LogP) is 5.07. The van der Waals surface area contributed by atoms with Gasteiger partial charge in [-0.2, -0.15) is 0 Å². The molecule has 1 saturated heterocycles. The number of benzene rings is 3. The summed E-state index contributed by atoms with van der Waals surface area (Å²) in [6.07, 6.45) is 1.56. The highest BCUT2D eigenvalue weighted by molar-refractivity contribution is 6.31. The van der Waals surface area contributed by atoms with Crippen molar-refractivity contribution in [3.8, 4) is 5.75 Å². The molecule has 3 aromatic rings. The van der Waals surface area contributed by atoms with Gasteiger partial charge in [-0.1, -0.05) is 48.0 Å². The number of carbonyl (C=O) groups excluding carboxylic acids is 3. The second-order valence-electron chi connectivity index (χ2n) is 8.18. The minimum atomic E-state index is -0.517. The smallest absolute Gasteiger partial charge is 0.329 e. The zero-order chi connectivity index (χ0) is 24.9. The van der Waals surface area contributed by atoms with Gasteiger partial charge in [-0.15, -0.1) is 0 Å². The van der Waals surface area contributed by atoms with Gasteiger partial charge in [0.05, 0.1) is 6.54 Å². The van der Waals surface area contributed by atoms with Crippen LogP contribution in [0.2, 0.25) is 5.02 Å². The van der Waals surface area contributed by atoms with Crippen LogP contribution in [0.4, 0.5) is 10.5 Å². The Hall–Kier alpha value is -4.10. The highest BCUT2D eigenvalue weighted by Gasteiger charge is 2.33. The molecule has 1 aliphatic heterocycles. The number of aryl methyl sites for hydroxylation is 2. The summed E-state index contributed by atoms with van der Waals surface area (Å²) >= 11 is 6.17. The number of anilines is 1. The van der Waals surface area contributed by atoms with Crippen LogP contribution in [0, 0.1) is 13.8 Å². The Kier molecular flexibility index (Phi) is 7.17. The van der Waals surface area contributed by atoms with Crippen LogP contribution >= 0.6 is 11.6 Å². The van der Waals surface area contributed by atoms with Gasteiger partial charge in [-0.25, -0.2) is 4.79 Å². The molecule has 0 radical (unpaired) electrons. The van der Waals surface area contributed by atoms with Gasteiger partial charge >= 0.3 is 6.03 Å². The van der Waals surface area contributed by atoms with Gasteiger partial charge in [-0.05, 0) is 72.5 Å². The Morgan fingerprint density at radius 2 is 1.83 bits per heavy atom. The zero-order valence-corrected chi connectivity index (χ0v) is 20.1. The lowest BCUT2D eigenvalue weighted by Crippen LogP contribution is -2.30. The molecule has 0 aliphatic carbocycles. The predicted molar refractivity (Wildman–Crippen MR) is 135 cm³/mol. The van der Waals surface area contributed by atoms with Crippen LogP contribution in [0.25, 0.3) is 6.08 Å². The summed E-state index contributed by atoms with van der Waals surface area (Å²) in [7, 11) is 0. The van der Waals surface area contributed by atoms with E-state index in [9.17, 15) is 14.4 Å². The van der Waals surface area contributed by atoms with Crippen molar-refractivity contribution in [3.05, 3.63) is 99.7 Å². The maximum Gasteiger partial charge on any atom is 0.329 e. The number of hydrogen-bond acceptors (Lipinski definition) is 4. The number of halogens is 1. The third-order valence-corrected chi connectivity index (χ3v) is 5.95. The Labute approximate surface area is 208 Å². The van der Waals surface area contributed by atoms with Crippen molar-refractivity contribution in [2.75, 3.05) is 11.9 Å². The molecule has 178 valence electrons. The number of nitrogens with one attached hydrogen (secondary N) is 2. The monoisotopic (exact) mass is 489 g/mol. The number of imide groups is 1. The molecule has 0 atom stereocenters. The summed E-state index contributed by atoms with van der Waals surface area (Å²) in [6, 6.07) is 19.1. The van der Waals surface area contributed by atoms with Gasteiger partial charge in [0.15, 0.2) is 6.61 Å². The maximum absolute atomic E-state index is 12.8. The SMILES string of the molecule is Cc1ccc(NC(=O)COc2cccc(/C=C3\NC(=O)N(Cc4ccccc4Cl)C3=O)c2)cc1C. The molecule has 2 N–H and O–H groups in total. The van der Waals surface area contributed by atoms with Crippen molar-refractivity contribution < 1.29 is 19.1 Å². The van der Waals surface area contributed by atoms with E-state index in [1.165, 1.54) is 0 Å². The first-order valence-electron chi connectivity index (χ1n) is 11.0. The zero-order valence-electron chi connectivity index (χ0n) is 19.3. The molecule has 35 heavy (non-hydrogen) atoms. The molecule has 3 aromatic carbocycles. The van der Waals surface area contributed by atoms with Gasteiger partial charge in [0, 0.05) is 10.7 Å². The summed E-state index contributed by atoms with van der Waals surface area (Å²) in [6.45, 7) is 3.89. The molecular formula is C27H24ClN3O4. The van der Waals surface area contributed by atoms with Crippen LogP contribution in [-0.2, 0) is 16.1 Å². The van der Waals surface area contributed by atoms with Crippen LogP contribution < -0.4 is 15.4 Å². The molecule has 0 unspecified atom stereocenters. The topological polar surface area (TPSA) is 87.7 Å². The lowest BCUT2D eigenvalue weighted by molar-refractivity contribution is -0.123. The number of urea groups is 1. The number of hydrogen-bond donors (Lipinski definition) is 2. The average Bonchev–Trinajstić information content (AvgIpc) is 3.09. The van der Waals surface area contributed by atoms with Crippen LogP contribution in [-0.4, -0.2) is 29.4 Å². The van der Waals surface area contributed by atoms with E-state index in [-0.39, 0.29) is 24.8 Å². The highest BCUT2D eigenvalue weighted by atomic mass is 35.5. The largest absolute Gasteiger partial charge is 0.484 e. The second-order valence-corrected chi connectivity index (χ2v) is 8.59. The molecule has 0 spiro atoms. The maximum atomic E-state index is 12.8. The van der Waals surface area contributed by atoms with Crippen molar-refractivity contribution in [3.63, 3.8) is 0 Å². The Morgan fingerprint density at radius 3 is 2.60 bits per heavy atom. The second kappa shape index (κ2) is 10.4. The standard InChI is InChI=1S/C27H24ClN3O4/c1-17-10-11-21(12-18(17)2)29-25(32)16-35-22-8-5-6-19(13-22)14-24-26(33)31(27(34)30-24)15-20-7-3-4-9-23(20)28/h3-14H,15-16H2,1-2H3,(H,29,32)(H,30,34)/b24-14-. The van der Waals surface area contributed by atoms with Gasteiger partial charge in [-0.3, -0.25) is 14.5 Å². The van der Waals surface area contributed by atoms with Gasteiger partial charge in [0.25, 0.3) is 11.8 Å². The first-order chi connectivity index (χ1) is 16.8. The summed E-state index contributed by atoms with van der Waals surface area (Å²) in [5.41, 5.74) is 4.40. The van der Waals surface area contributed by atoms with Crippen molar-refractivity contribution >= 4 is 41.2 Å². The number of carbonyl (C=O) groups is 3. The van der Waals surface area contributed by atoms with Crippen LogP contribution in [0.15, 0.2) is 72.4 Å². The minimum absolute atomic E-state index is 0.0699. The Bertz CT molecular complexity index is 1340. The van der Waals surface area contributed by atoms with Crippen molar-refractivity contribution in [1.82, 2.24) is 10.2 Å². The fraction of sp³-hybridized carbons (Fsp3) is 0.148. The molecule has 8 heteroatoms. The molecule has 0 saturated carbocycles. The number of ether oxygens (including phenoxy) is 1. The van der Waals surface area contributed by atoms with Crippen molar-refractivity contribution in [2.24, 2.45) is 0 Å². The van der Waals surface area contributed by atoms with Crippen LogP contribution in [0.5, 0.6) is 5.75 Å². The van der Waals surface area contributed by atoms with E-state index < -0.39 is 11.9 Å². The van der Waals surface area contributed by atoms with E-state index in [1.807, 2.05) is 32.0 Å². The van der Waals surface area contributed by atoms with E-state index >= 15 is 0 Å². The fourth-order valence-electron chi connectivity index (χ4n) is 3.54. The highest BCUT2D eigenvalue weighted by Crippen LogP contribution is 2.22. The molecule has 0 aromatic heterocycles. The summed E-state index contributed by atoms with van der Waals surface area (Å²) in [5.74, 6) is -0.279. The number of nitrogens with zero attached hydrogens (tertiary/aromatic N) is 1. The quantitative estimate of drug-likeness (QED) is 0.358. The summed E-state index contributed by atoms with van der Waals surface area (Å²) < 4.78 is 5.62. The molecule has 0 bridgehead atoms. The van der Waals surface area contributed by atoms with Gasteiger partial charge in [0.1, 0.15) is 11.4 Å². The fourth-order valence-corrected chi connectivity index (χ4v) is 3.73. The first-order valence-corrected chi connectivity index (χ1v) is 11.4. The van der Waals surface area contributed by atoms with Crippen LogP contribution in [0.3, 0.4) is 0 Å². The van der Waals surface area contributed by atoms with E-state index in [1.54, 1.807) is 54.6 Å². The third-order valence-electron chi connectivity index (χ3n) is 5.58. The summed E-state index contributed by atoms with van der Waals surface area (Å²) in [4.78, 5) is 38.6. The first kappa shape index (κ1) is 24.0. The normalized spacial score (nSPS) is 14.3. The summed E-state index contributed by atoms with van der Waals surface area (Å²) in [5, 5.41) is 5.89. The Morgan fingerprint density at radius 1 is 1.03 bits per heavy atom. The number of amides is 4. The van der Waals surface area contributed by atoms with Gasteiger partial charge < -0.3 is 15.4 Å².